The number of nitrogens with one attached hydrogen (secondary N) is 1. The third kappa shape index (κ3) is 5.39. The van der Waals surface area contributed by atoms with Gasteiger partial charge >= 0.3 is 5.97 Å². The summed E-state index contributed by atoms with van der Waals surface area (Å²) in [5.74, 6) is 0.0207. The fourth-order valence-corrected chi connectivity index (χ4v) is 2.71. The van der Waals surface area contributed by atoms with Gasteiger partial charge in [0.15, 0.2) is 6.61 Å². The molecule has 0 aliphatic rings. The number of anilines is 2. The van der Waals surface area contributed by atoms with Gasteiger partial charge in [0.05, 0.1) is 25.5 Å². The van der Waals surface area contributed by atoms with Crippen molar-refractivity contribution >= 4 is 23.3 Å². The van der Waals surface area contributed by atoms with E-state index < -0.39 is 18.5 Å². The van der Waals surface area contributed by atoms with Crippen molar-refractivity contribution in [3.8, 4) is 11.5 Å². The van der Waals surface area contributed by atoms with Crippen LogP contribution in [-0.2, 0) is 9.53 Å². The maximum absolute atomic E-state index is 12.2. The van der Waals surface area contributed by atoms with E-state index in [2.05, 4.69) is 24.1 Å². The Morgan fingerprint density at radius 1 is 0.964 bits per heavy atom. The second-order valence-corrected chi connectivity index (χ2v) is 5.91. The van der Waals surface area contributed by atoms with Crippen LogP contribution in [-0.4, -0.2) is 45.8 Å². The van der Waals surface area contributed by atoms with Gasteiger partial charge in [0.1, 0.15) is 11.5 Å². The number of esters is 1. The standard InChI is InChI=1S/C21H26N2O5/c1-5-23(6-2)16-9-7-15(8-10-16)21(25)28-14-20(24)22-18-13-17(26-3)11-12-19(18)27-4/h7-13H,5-6,14H2,1-4H3,(H,22,24). The van der Waals surface area contributed by atoms with Gasteiger partial charge in [-0.15, -0.1) is 0 Å². The predicted molar refractivity (Wildman–Crippen MR) is 108 cm³/mol. The molecule has 0 atom stereocenters. The highest BCUT2D eigenvalue weighted by molar-refractivity contribution is 5.96. The fraction of sp³-hybridized carbons (Fsp3) is 0.333. The van der Waals surface area contributed by atoms with Crippen LogP contribution in [0.1, 0.15) is 24.2 Å². The van der Waals surface area contributed by atoms with Crippen molar-refractivity contribution in [1.82, 2.24) is 0 Å². The Bertz CT molecular complexity index is 801. The molecule has 1 amide bonds. The summed E-state index contributed by atoms with van der Waals surface area (Å²) in [6.07, 6.45) is 0. The molecule has 0 aliphatic heterocycles. The fourth-order valence-electron chi connectivity index (χ4n) is 2.71. The highest BCUT2D eigenvalue weighted by atomic mass is 16.5. The van der Waals surface area contributed by atoms with Crippen molar-refractivity contribution in [3.63, 3.8) is 0 Å². The Balaban J connectivity index is 1.95. The lowest BCUT2D eigenvalue weighted by molar-refractivity contribution is -0.119. The summed E-state index contributed by atoms with van der Waals surface area (Å²) in [6, 6.07) is 12.1. The van der Waals surface area contributed by atoms with Crippen LogP contribution in [0.25, 0.3) is 0 Å². The first-order valence-electron chi connectivity index (χ1n) is 9.06. The normalized spacial score (nSPS) is 10.1. The number of carbonyl (C=O) groups is 2. The molecule has 0 fully saturated rings. The highest BCUT2D eigenvalue weighted by Crippen LogP contribution is 2.28. The van der Waals surface area contributed by atoms with E-state index in [0.29, 0.717) is 22.7 Å². The van der Waals surface area contributed by atoms with E-state index in [-0.39, 0.29) is 0 Å². The molecule has 28 heavy (non-hydrogen) atoms. The van der Waals surface area contributed by atoms with Gasteiger partial charge in [-0.3, -0.25) is 4.79 Å². The summed E-state index contributed by atoms with van der Waals surface area (Å²) in [4.78, 5) is 26.5. The lowest BCUT2D eigenvalue weighted by atomic mass is 10.2. The molecule has 0 aliphatic carbocycles. The van der Waals surface area contributed by atoms with Gasteiger partial charge < -0.3 is 24.4 Å². The Kier molecular flexibility index (Phi) is 7.68. The molecule has 150 valence electrons. The molecule has 1 N–H and O–H groups in total. The minimum Gasteiger partial charge on any atom is -0.497 e. The van der Waals surface area contributed by atoms with Gasteiger partial charge in [-0.1, -0.05) is 0 Å². The summed E-state index contributed by atoms with van der Waals surface area (Å²) in [6.45, 7) is 5.50. The molecule has 0 saturated heterocycles. The van der Waals surface area contributed by atoms with Gasteiger partial charge in [-0.2, -0.15) is 0 Å². The van der Waals surface area contributed by atoms with Crippen molar-refractivity contribution in [1.29, 1.82) is 0 Å². The Hall–Kier alpha value is -3.22. The number of ether oxygens (including phenoxy) is 3. The van der Waals surface area contributed by atoms with E-state index in [1.807, 2.05) is 12.1 Å². The lowest BCUT2D eigenvalue weighted by Gasteiger charge is -2.20. The van der Waals surface area contributed by atoms with Gasteiger partial charge in [-0.25, -0.2) is 4.79 Å². The van der Waals surface area contributed by atoms with Crippen LogP contribution >= 0.6 is 0 Å². The van der Waals surface area contributed by atoms with Crippen LogP contribution in [0.15, 0.2) is 42.5 Å². The molecule has 0 unspecified atom stereocenters. The zero-order valence-electron chi connectivity index (χ0n) is 16.7. The molecule has 0 radical (unpaired) electrons. The second-order valence-electron chi connectivity index (χ2n) is 5.91. The smallest absolute Gasteiger partial charge is 0.338 e. The molecular formula is C21H26N2O5. The molecule has 0 heterocycles. The number of nitrogens with zero attached hydrogens (tertiary/aromatic N) is 1. The third-order valence-electron chi connectivity index (χ3n) is 4.25. The molecule has 2 aromatic carbocycles. The zero-order chi connectivity index (χ0) is 20.5. The van der Waals surface area contributed by atoms with Crippen LogP contribution in [0, 0.1) is 0 Å². The first-order chi connectivity index (χ1) is 13.5. The van der Waals surface area contributed by atoms with Crippen molar-refractivity contribution in [2.75, 3.05) is 44.1 Å². The Morgan fingerprint density at radius 2 is 1.64 bits per heavy atom. The van der Waals surface area contributed by atoms with Gasteiger partial charge in [0.2, 0.25) is 0 Å². The Morgan fingerprint density at radius 3 is 2.21 bits per heavy atom. The molecule has 0 spiro atoms. The number of amides is 1. The second kappa shape index (κ2) is 10.2. The van der Waals surface area contributed by atoms with E-state index in [9.17, 15) is 9.59 Å². The van der Waals surface area contributed by atoms with Gasteiger partial charge in [0, 0.05) is 24.8 Å². The van der Waals surface area contributed by atoms with Crippen LogP contribution in [0.2, 0.25) is 0 Å². The maximum Gasteiger partial charge on any atom is 0.338 e. The molecule has 0 aromatic heterocycles. The quantitative estimate of drug-likeness (QED) is 0.666. The van der Waals surface area contributed by atoms with E-state index >= 15 is 0 Å². The van der Waals surface area contributed by atoms with Crippen molar-refractivity contribution < 1.29 is 23.8 Å². The molecule has 2 rings (SSSR count). The van der Waals surface area contributed by atoms with Crippen LogP contribution < -0.4 is 19.7 Å². The first-order valence-corrected chi connectivity index (χ1v) is 9.06. The van der Waals surface area contributed by atoms with Crippen LogP contribution in [0.3, 0.4) is 0 Å². The SMILES string of the molecule is CCN(CC)c1ccc(C(=O)OCC(=O)Nc2cc(OC)ccc2OC)cc1. The van der Waals surface area contributed by atoms with E-state index in [4.69, 9.17) is 14.2 Å². The summed E-state index contributed by atoms with van der Waals surface area (Å²) in [5.41, 5.74) is 1.86. The van der Waals surface area contributed by atoms with Crippen LogP contribution in [0.4, 0.5) is 11.4 Å². The predicted octanol–water partition coefficient (Wildman–Crippen LogP) is 3.35. The molecule has 2 aromatic rings. The lowest BCUT2D eigenvalue weighted by Crippen LogP contribution is -2.22. The van der Waals surface area contributed by atoms with Crippen LogP contribution in [0.5, 0.6) is 11.5 Å². The summed E-state index contributed by atoms with van der Waals surface area (Å²) >= 11 is 0. The summed E-state index contributed by atoms with van der Waals surface area (Å²) in [5, 5.41) is 2.65. The average Bonchev–Trinajstić information content (AvgIpc) is 2.73. The molecule has 0 bridgehead atoms. The van der Waals surface area contributed by atoms with Crippen molar-refractivity contribution in [2.24, 2.45) is 0 Å². The first kappa shape index (κ1) is 21.1. The minimum absolute atomic E-state index is 0.391. The maximum atomic E-state index is 12.2. The third-order valence-corrected chi connectivity index (χ3v) is 4.25. The number of hydrogen-bond donors (Lipinski definition) is 1. The minimum atomic E-state index is -0.557. The summed E-state index contributed by atoms with van der Waals surface area (Å²) < 4.78 is 15.5. The average molecular weight is 386 g/mol. The molecule has 7 nitrogen and oxygen atoms in total. The monoisotopic (exact) mass is 386 g/mol. The summed E-state index contributed by atoms with van der Waals surface area (Å²) in [7, 11) is 3.03. The number of rotatable bonds is 9. The molecule has 0 saturated carbocycles. The largest absolute Gasteiger partial charge is 0.497 e. The number of hydrogen-bond acceptors (Lipinski definition) is 6. The topological polar surface area (TPSA) is 77.1 Å². The van der Waals surface area contributed by atoms with Crippen molar-refractivity contribution in [2.45, 2.75) is 13.8 Å². The van der Waals surface area contributed by atoms with Gasteiger partial charge in [0.25, 0.3) is 5.91 Å². The highest BCUT2D eigenvalue weighted by Gasteiger charge is 2.13. The van der Waals surface area contributed by atoms with Gasteiger partial charge in [-0.05, 0) is 50.2 Å². The number of carbonyl (C=O) groups excluding carboxylic acids is 2. The number of methoxy groups -OCH3 is 2. The zero-order valence-corrected chi connectivity index (χ0v) is 16.7. The molecular weight excluding hydrogens is 360 g/mol. The van der Waals surface area contributed by atoms with Crippen molar-refractivity contribution in [3.05, 3.63) is 48.0 Å². The Labute approximate surface area is 165 Å². The number of benzene rings is 2. The van der Waals surface area contributed by atoms with E-state index in [1.54, 1.807) is 30.3 Å². The van der Waals surface area contributed by atoms with E-state index in [0.717, 1.165) is 18.8 Å². The van der Waals surface area contributed by atoms with E-state index in [1.165, 1.54) is 14.2 Å². The molecule has 7 heteroatoms.